The van der Waals surface area contributed by atoms with E-state index < -0.39 is 0 Å². The Labute approximate surface area is 41.2 Å². The fraction of sp³-hybridized carbons (Fsp3) is 1.00. The molecule has 0 spiro atoms. The number of hydrogen-bond donors (Lipinski definition) is 0. The lowest BCUT2D eigenvalue weighted by atomic mass is 10.9. The summed E-state index contributed by atoms with van der Waals surface area (Å²) in [6, 6.07) is 0. The van der Waals surface area contributed by atoms with E-state index in [0.717, 1.165) is 0 Å². The Kier molecular flexibility index (Phi) is 5.45. The van der Waals surface area contributed by atoms with Crippen molar-refractivity contribution in [1.29, 1.82) is 0 Å². The van der Waals surface area contributed by atoms with Gasteiger partial charge in [0.25, 0.3) is 0 Å². The summed E-state index contributed by atoms with van der Waals surface area (Å²) in [6.45, 7) is 0.501. The topological polar surface area (TPSA) is 9.23 Å². The monoisotopic (exact) mass is 110 g/mol. The Hall–Kier alpha value is 0.240. The molecule has 0 heterocycles. The maximum atomic E-state index is 11.0. The Morgan fingerprint density at radius 2 is 2.50 bits per heavy atom. The van der Waals surface area contributed by atoms with Crippen LogP contribution in [0.15, 0.2) is 0 Å². The van der Waals surface area contributed by atoms with Gasteiger partial charge in [-0.3, -0.25) is 0 Å². The van der Waals surface area contributed by atoms with Crippen molar-refractivity contribution < 1.29 is 8.62 Å². The first-order valence-electron chi connectivity index (χ1n) is 1.64. The first-order chi connectivity index (χ1) is 2.91. The van der Waals surface area contributed by atoms with Gasteiger partial charge in [-0.15, -0.1) is 0 Å². The van der Waals surface area contributed by atoms with E-state index in [-0.39, 0.29) is 0 Å². The number of halogens is 1. The zero-order chi connectivity index (χ0) is 4.83. The molecule has 0 saturated heterocycles. The molecule has 0 aromatic heterocycles. The first-order valence-corrected chi connectivity index (χ1v) is 2.53. The lowest BCUT2D eigenvalue weighted by Crippen LogP contribution is -1.87. The van der Waals surface area contributed by atoms with Gasteiger partial charge in [-0.1, -0.05) is 0 Å². The molecular weight excluding hydrogens is 103 g/mol. The van der Waals surface area contributed by atoms with Crippen LogP contribution in [0.25, 0.3) is 0 Å². The molecule has 0 aliphatic rings. The lowest BCUT2D eigenvalue weighted by molar-refractivity contribution is 0.218. The van der Waals surface area contributed by atoms with Gasteiger partial charge in [0.05, 0.1) is 6.61 Å². The van der Waals surface area contributed by atoms with Crippen LogP contribution in [0.2, 0.25) is 0 Å². The molecular formula is C3H7FOS. The number of rotatable bonds is 3. The van der Waals surface area contributed by atoms with Crippen LogP contribution in [0, 0.1) is 0 Å². The minimum Gasteiger partial charge on any atom is -0.384 e. The highest BCUT2D eigenvalue weighted by Crippen LogP contribution is 1.96. The zero-order valence-corrected chi connectivity index (χ0v) is 4.43. The lowest BCUT2D eigenvalue weighted by Gasteiger charge is -1.86. The predicted octanol–water partition coefficient (Wildman–Crippen LogP) is 1.25. The summed E-state index contributed by atoms with van der Waals surface area (Å²) in [5, 5.41) is 0. The van der Waals surface area contributed by atoms with E-state index in [1.165, 1.54) is 0 Å². The zero-order valence-electron chi connectivity index (χ0n) is 3.61. The molecule has 0 unspecified atom stereocenters. The van der Waals surface area contributed by atoms with Crippen molar-refractivity contribution in [3.63, 3.8) is 0 Å². The predicted molar refractivity (Wildman–Crippen MR) is 25.4 cm³/mol. The maximum Gasteiger partial charge on any atom is 0.0578 e. The van der Waals surface area contributed by atoms with Gasteiger partial charge >= 0.3 is 0 Å². The standard InChI is InChI=1S/C3H7FOS/c1-5-2-3-6-4/h2-3H2,1H3. The van der Waals surface area contributed by atoms with Crippen LogP contribution in [0.3, 0.4) is 0 Å². The van der Waals surface area contributed by atoms with E-state index in [0.29, 0.717) is 24.5 Å². The van der Waals surface area contributed by atoms with E-state index in [1.54, 1.807) is 7.11 Å². The molecule has 1 nitrogen and oxygen atoms in total. The minimum absolute atomic E-state index is 0.301. The Morgan fingerprint density at radius 3 is 2.67 bits per heavy atom. The van der Waals surface area contributed by atoms with E-state index in [1.807, 2.05) is 0 Å². The third-order valence-electron chi connectivity index (χ3n) is 0.365. The van der Waals surface area contributed by atoms with Crippen LogP contribution in [-0.4, -0.2) is 19.5 Å². The van der Waals surface area contributed by atoms with Crippen molar-refractivity contribution in [2.24, 2.45) is 0 Å². The fourth-order valence-corrected chi connectivity index (χ4v) is 0.344. The third-order valence-corrected chi connectivity index (χ3v) is 0.686. The Balaban J connectivity index is 2.34. The molecule has 0 amide bonds. The van der Waals surface area contributed by atoms with Gasteiger partial charge in [0.15, 0.2) is 0 Å². The summed E-state index contributed by atoms with van der Waals surface area (Å²) in [7, 11) is 1.55. The van der Waals surface area contributed by atoms with E-state index in [4.69, 9.17) is 0 Å². The van der Waals surface area contributed by atoms with Crippen LogP contribution in [-0.2, 0) is 4.74 Å². The molecule has 0 radical (unpaired) electrons. The van der Waals surface area contributed by atoms with Crippen LogP contribution in [0.1, 0.15) is 0 Å². The average Bonchev–Trinajstić information content (AvgIpc) is 1.61. The molecule has 0 aliphatic heterocycles. The molecule has 38 valence electrons. The van der Waals surface area contributed by atoms with Gasteiger partial charge in [0.2, 0.25) is 0 Å². The molecule has 0 fully saturated rings. The SMILES string of the molecule is COCCSF. The summed E-state index contributed by atoms with van der Waals surface area (Å²) < 4.78 is 15.5. The summed E-state index contributed by atoms with van der Waals surface area (Å²) in [5.41, 5.74) is 0. The normalized spacial score (nSPS) is 9.00. The van der Waals surface area contributed by atoms with Crippen molar-refractivity contribution in [3.05, 3.63) is 0 Å². The third kappa shape index (κ3) is 4.24. The van der Waals surface area contributed by atoms with E-state index >= 15 is 0 Å². The molecule has 0 bridgehead atoms. The second-order valence-electron chi connectivity index (χ2n) is 0.806. The second kappa shape index (κ2) is 5.24. The Morgan fingerprint density at radius 1 is 1.83 bits per heavy atom. The van der Waals surface area contributed by atoms with Gasteiger partial charge in [-0.25, -0.2) is 0 Å². The van der Waals surface area contributed by atoms with Crippen LogP contribution >= 0.6 is 12.1 Å². The van der Waals surface area contributed by atoms with Gasteiger partial charge in [-0.2, -0.15) is 3.89 Å². The van der Waals surface area contributed by atoms with Crippen LogP contribution in [0.5, 0.6) is 0 Å². The minimum atomic E-state index is 0.301. The molecule has 3 heteroatoms. The molecule has 0 rings (SSSR count). The van der Waals surface area contributed by atoms with Crippen molar-refractivity contribution in [1.82, 2.24) is 0 Å². The van der Waals surface area contributed by atoms with E-state index in [2.05, 4.69) is 4.74 Å². The quantitative estimate of drug-likeness (QED) is 0.506. The Bertz CT molecular complexity index is 22.8. The largest absolute Gasteiger partial charge is 0.384 e. The smallest absolute Gasteiger partial charge is 0.0578 e. The molecule has 0 N–H and O–H groups in total. The maximum absolute atomic E-state index is 11.0. The molecule has 6 heavy (non-hydrogen) atoms. The second-order valence-corrected chi connectivity index (χ2v) is 1.43. The molecule has 0 aliphatic carbocycles. The van der Waals surface area contributed by atoms with E-state index in [9.17, 15) is 3.89 Å². The van der Waals surface area contributed by atoms with Crippen LogP contribution in [0.4, 0.5) is 3.89 Å². The number of hydrogen-bond acceptors (Lipinski definition) is 2. The van der Waals surface area contributed by atoms with Gasteiger partial charge < -0.3 is 4.74 Å². The first kappa shape index (κ1) is 6.24. The number of ether oxygens (including phenoxy) is 1. The summed E-state index contributed by atoms with van der Waals surface area (Å²) >= 11 is 0.301. The molecule has 0 aromatic rings. The molecule has 0 aromatic carbocycles. The fourth-order valence-electron chi connectivity index (χ4n) is 0.115. The van der Waals surface area contributed by atoms with Gasteiger partial charge in [0.1, 0.15) is 0 Å². The van der Waals surface area contributed by atoms with Crippen molar-refractivity contribution >= 4 is 12.1 Å². The van der Waals surface area contributed by atoms with Crippen LogP contribution < -0.4 is 0 Å². The number of methoxy groups -OCH3 is 1. The van der Waals surface area contributed by atoms with Crippen molar-refractivity contribution in [2.75, 3.05) is 19.5 Å². The summed E-state index contributed by atoms with van der Waals surface area (Å²) in [6.07, 6.45) is 0. The molecule has 0 saturated carbocycles. The van der Waals surface area contributed by atoms with Gasteiger partial charge in [-0.05, 0) is 0 Å². The van der Waals surface area contributed by atoms with Crippen molar-refractivity contribution in [2.45, 2.75) is 0 Å². The summed E-state index contributed by atoms with van der Waals surface area (Å²) in [5.74, 6) is 0.441. The van der Waals surface area contributed by atoms with Crippen molar-refractivity contribution in [3.8, 4) is 0 Å². The highest BCUT2D eigenvalue weighted by Gasteiger charge is 1.78. The van der Waals surface area contributed by atoms with Gasteiger partial charge in [0, 0.05) is 25.0 Å². The highest BCUT2D eigenvalue weighted by atomic mass is 32.2. The molecule has 0 atom stereocenters. The summed E-state index contributed by atoms with van der Waals surface area (Å²) in [4.78, 5) is 0. The average molecular weight is 110 g/mol. The highest BCUT2D eigenvalue weighted by molar-refractivity contribution is 7.94.